The minimum atomic E-state index is -0.413. The molecule has 4 nitrogen and oxygen atoms in total. The standard InChI is InChI=1S/C16H13O4/c1-19-15(17)13-7-3-5-11(9-13)12-6-4-8-14(10-12)16(18)20-2/h3-5,7-10H,1-2H3. The van der Waals surface area contributed by atoms with E-state index in [0.717, 1.165) is 5.56 Å². The maximum absolute atomic E-state index is 11.5. The first kappa shape index (κ1) is 13.8. The molecule has 0 atom stereocenters. The van der Waals surface area contributed by atoms with E-state index in [4.69, 9.17) is 0 Å². The largest absolute Gasteiger partial charge is 0.465 e. The van der Waals surface area contributed by atoms with E-state index in [1.807, 2.05) is 6.07 Å². The van der Waals surface area contributed by atoms with Crippen LogP contribution in [0.25, 0.3) is 11.1 Å². The van der Waals surface area contributed by atoms with Crippen LogP contribution in [0.2, 0.25) is 0 Å². The van der Waals surface area contributed by atoms with Crippen LogP contribution in [0.5, 0.6) is 0 Å². The van der Waals surface area contributed by atoms with Crippen molar-refractivity contribution in [3.63, 3.8) is 0 Å². The van der Waals surface area contributed by atoms with Crippen molar-refractivity contribution in [2.75, 3.05) is 14.2 Å². The highest BCUT2D eigenvalue weighted by Crippen LogP contribution is 2.21. The molecule has 0 N–H and O–H groups in total. The van der Waals surface area contributed by atoms with E-state index in [-0.39, 0.29) is 0 Å². The molecule has 0 bridgehead atoms. The third-order valence-electron chi connectivity index (χ3n) is 2.82. The van der Waals surface area contributed by atoms with Gasteiger partial charge in [-0.1, -0.05) is 18.2 Å². The molecular weight excluding hydrogens is 256 g/mol. The summed E-state index contributed by atoms with van der Waals surface area (Å²) in [5, 5.41) is 0. The molecule has 2 aromatic rings. The smallest absolute Gasteiger partial charge is 0.337 e. The quantitative estimate of drug-likeness (QED) is 0.804. The van der Waals surface area contributed by atoms with Crippen molar-refractivity contribution < 1.29 is 19.1 Å². The summed E-state index contributed by atoms with van der Waals surface area (Å²) in [6.45, 7) is 0. The summed E-state index contributed by atoms with van der Waals surface area (Å²) in [6.07, 6.45) is 0. The zero-order valence-corrected chi connectivity index (χ0v) is 11.2. The number of rotatable bonds is 3. The van der Waals surface area contributed by atoms with Crippen LogP contribution in [0, 0.1) is 6.07 Å². The van der Waals surface area contributed by atoms with E-state index < -0.39 is 11.9 Å². The van der Waals surface area contributed by atoms with Gasteiger partial charge in [-0.3, -0.25) is 0 Å². The maximum Gasteiger partial charge on any atom is 0.337 e. The van der Waals surface area contributed by atoms with Gasteiger partial charge in [0, 0.05) is 0 Å². The number of hydrogen-bond acceptors (Lipinski definition) is 4. The predicted molar refractivity (Wildman–Crippen MR) is 73.4 cm³/mol. The van der Waals surface area contributed by atoms with E-state index in [2.05, 4.69) is 15.5 Å². The van der Waals surface area contributed by atoms with Gasteiger partial charge in [0.15, 0.2) is 0 Å². The SMILES string of the molecule is COC(=O)c1cc[c]c(-c2cccc(C(=O)OC)c2)c1. The fourth-order valence-corrected chi connectivity index (χ4v) is 1.81. The Labute approximate surface area is 116 Å². The highest BCUT2D eigenvalue weighted by molar-refractivity contribution is 5.92. The van der Waals surface area contributed by atoms with Crippen molar-refractivity contribution in [1.29, 1.82) is 0 Å². The summed E-state index contributed by atoms with van der Waals surface area (Å²) in [5.74, 6) is -0.819. The minimum Gasteiger partial charge on any atom is -0.465 e. The average molecular weight is 269 g/mol. The van der Waals surface area contributed by atoms with E-state index in [9.17, 15) is 9.59 Å². The number of esters is 2. The first-order chi connectivity index (χ1) is 9.65. The molecule has 0 unspecified atom stereocenters. The Morgan fingerprint density at radius 2 is 1.60 bits per heavy atom. The van der Waals surface area contributed by atoms with Gasteiger partial charge in [0.1, 0.15) is 0 Å². The van der Waals surface area contributed by atoms with Crippen LogP contribution < -0.4 is 0 Å². The molecule has 0 aliphatic carbocycles. The third-order valence-corrected chi connectivity index (χ3v) is 2.82. The Morgan fingerprint density at radius 3 is 2.25 bits per heavy atom. The lowest BCUT2D eigenvalue weighted by atomic mass is 10.0. The summed E-state index contributed by atoms with van der Waals surface area (Å²) in [5.41, 5.74) is 2.36. The van der Waals surface area contributed by atoms with Gasteiger partial charge in [0.05, 0.1) is 25.3 Å². The molecule has 1 radical (unpaired) electrons. The lowest BCUT2D eigenvalue weighted by Gasteiger charge is -2.06. The van der Waals surface area contributed by atoms with Gasteiger partial charge in [0.2, 0.25) is 0 Å². The lowest BCUT2D eigenvalue weighted by molar-refractivity contribution is 0.0591. The molecule has 2 aromatic carbocycles. The van der Waals surface area contributed by atoms with Gasteiger partial charge in [-0.15, -0.1) is 0 Å². The molecule has 0 saturated carbocycles. The molecule has 20 heavy (non-hydrogen) atoms. The second-order valence-electron chi connectivity index (χ2n) is 4.05. The fourth-order valence-electron chi connectivity index (χ4n) is 1.81. The van der Waals surface area contributed by atoms with Gasteiger partial charge in [-0.2, -0.15) is 0 Å². The van der Waals surface area contributed by atoms with Crippen LogP contribution in [0.15, 0.2) is 42.5 Å². The lowest BCUT2D eigenvalue weighted by Crippen LogP contribution is -2.02. The molecule has 4 heteroatoms. The highest BCUT2D eigenvalue weighted by atomic mass is 16.5. The minimum absolute atomic E-state index is 0.407. The molecule has 0 heterocycles. The zero-order chi connectivity index (χ0) is 14.5. The number of methoxy groups -OCH3 is 2. The molecule has 0 fully saturated rings. The van der Waals surface area contributed by atoms with Crippen molar-refractivity contribution in [2.24, 2.45) is 0 Å². The van der Waals surface area contributed by atoms with Crippen molar-refractivity contribution in [1.82, 2.24) is 0 Å². The van der Waals surface area contributed by atoms with Crippen LogP contribution in [-0.2, 0) is 9.47 Å². The number of benzene rings is 2. The van der Waals surface area contributed by atoms with Crippen molar-refractivity contribution in [2.45, 2.75) is 0 Å². The van der Waals surface area contributed by atoms with Gasteiger partial charge < -0.3 is 9.47 Å². The topological polar surface area (TPSA) is 52.6 Å². The van der Waals surface area contributed by atoms with E-state index in [1.54, 1.807) is 36.4 Å². The molecule has 0 saturated heterocycles. The Bertz CT molecular complexity index is 589. The maximum atomic E-state index is 11.5. The van der Waals surface area contributed by atoms with E-state index in [1.165, 1.54) is 14.2 Å². The van der Waals surface area contributed by atoms with E-state index in [0.29, 0.717) is 16.7 Å². The van der Waals surface area contributed by atoms with Crippen LogP contribution in [-0.4, -0.2) is 26.2 Å². The van der Waals surface area contributed by atoms with Gasteiger partial charge in [-0.25, -0.2) is 9.59 Å². The van der Waals surface area contributed by atoms with Crippen LogP contribution in [0.4, 0.5) is 0 Å². The molecule has 0 amide bonds. The highest BCUT2D eigenvalue weighted by Gasteiger charge is 2.09. The second kappa shape index (κ2) is 6.02. The Hall–Kier alpha value is -2.62. The molecule has 0 aromatic heterocycles. The molecule has 0 spiro atoms. The normalized spacial score (nSPS) is 9.90. The molecule has 2 rings (SSSR count). The van der Waals surface area contributed by atoms with Gasteiger partial charge in [-0.05, 0) is 41.5 Å². The Morgan fingerprint density at radius 1 is 0.950 bits per heavy atom. The first-order valence-electron chi connectivity index (χ1n) is 5.94. The summed E-state index contributed by atoms with van der Waals surface area (Å²) in [7, 11) is 2.66. The van der Waals surface area contributed by atoms with Crippen LogP contribution in [0.1, 0.15) is 20.7 Å². The number of hydrogen-bond donors (Lipinski definition) is 0. The molecule has 101 valence electrons. The summed E-state index contributed by atoms with van der Waals surface area (Å²) in [4.78, 5) is 23.0. The Balaban J connectivity index is 2.41. The zero-order valence-electron chi connectivity index (χ0n) is 11.2. The van der Waals surface area contributed by atoms with E-state index >= 15 is 0 Å². The number of ether oxygens (including phenoxy) is 2. The van der Waals surface area contributed by atoms with Crippen LogP contribution in [0.3, 0.4) is 0 Å². The molecular formula is C16H13O4. The van der Waals surface area contributed by atoms with Crippen molar-refractivity contribution in [3.05, 3.63) is 59.7 Å². The Kier molecular flexibility index (Phi) is 4.15. The summed E-state index contributed by atoms with van der Waals surface area (Å²) in [6, 6.07) is 14.9. The monoisotopic (exact) mass is 269 g/mol. The summed E-state index contributed by atoms with van der Waals surface area (Å²) < 4.78 is 9.36. The molecule has 0 aliphatic heterocycles. The molecule has 0 aliphatic rings. The fraction of sp³-hybridized carbons (Fsp3) is 0.125. The second-order valence-corrected chi connectivity index (χ2v) is 4.05. The summed E-state index contributed by atoms with van der Waals surface area (Å²) >= 11 is 0. The van der Waals surface area contributed by atoms with Gasteiger partial charge in [0.25, 0.3) is 0 Å². The average Bonchev–Trinajstić information content (AvgIpc) is 2.53. The van der Waals surface area contributed by atoms with Crippen molar-refractivity contribution >= 4 is 11.9 Å². The predicted octanol–water partition coefficient (Wildman–Crippen LogP) is 2.73. The van der Waals surface area contributed by atoms with Gasteiger partial charge >= 0.3 is 11.9 Å². The number of carbonyl (C=O) groups is 2. The van der Waals surface area contributed by atoms with Crippen molar-refractivity contribution in [3.8, 4) is 11.1 Å². The first-order valence-corrected chi connectivity index (χ1v) is 5.94. The third kappa shape index (κ3) is 2.85. The number of carbonyl (C=O) groups excluding carboxylic acids is 2. The van der Waals surface area contributed by atoms with Crippen LogP contribution >= 0.6 is 0 Å².